The molecule has 0 bridgehead atoms. The summed E-state index contributed by atoms with van der Waals surface area (Å²) in [7, 11) is 0. The van der Waals surface area contributed by atoms with Gasteiger partial charge in [0, 0.05) is 25.0 Å². The lowest BCUT2D eigenvalue weighted by atomic mass is 9.76. The number of aliphatic carboxylic acids is 2. The van der Waals surface area contributed by atoms with Crippen molar-refractivity contribution in [3.8, 4) is 0 Å². The molecule has 0 saturated carbocycles. The van der Waals surface area contributed by atoms with Crippen molar-refractivity contribution in [2.24, 2.45) is 5.41 Å². The van der Waals surface area contributed by atoms with E-state index in [1.54, 1.807) is 0 Å². The summed E-state index contributed by atoms with van der Waals surface area (Å²) in [6, 6.07) is 0. The summed E-state index contributed by atoms with van der Waals surface area (Å²) in [5.74, 6) is -2.22. The summed E-state index contributed by atoms with van der Waals surface area (Å²) >= 11 is 0. The van der Waals surface area contributed by atoms with Crippen LogP contribution < -0.4 is 10.6 Å². The lowest BCUT2D eigenvalue weighted by Gasteiger charge is -2.28. The Morgan fingerprint density at radius 1 is 0.366 bits per heavy atom. The summed E-state index contributed by atoms with van der Waals surface area (Å²) in [6.45, 7) is 20.1. The van der Waals surface area contributed by atoms with Crippen LogP contribution >= 0.6 is 0 Å². The highest BCUT2D eigenvalue weighted by Crippen LogP contribution is 2.33. The summed E-state index contributed by atoms with van der Waals surface area (Å²) in [5.41, 5.74) is -1.34. The zero-order valence-corrected chi connectivity index (χ0v) is 45.2. The van der Waals surface area contributed by atoms with Crippen LogP contribution in [-0.4, -0.2) is 192 Å². The van der Waals surface area contributed by atoms with Crippen LogP contribution in [0.25, 0.3) is 0 Å². The van der Waals surface area contributed by atoms with Gasteiger partial charge in [0.05, 0.1) is 145 Å². The maximum Gasteiger partial charge on any atom is 0.319 e. The summed E-state index contributed by atoms with van der Waals surface area (Å²) < 4.78 is 60.9. The van der Waals surface area contributed by atoms with Crippen LogP contribution in [0.5, 0.6) is 0 Å². The predicted octanol–water partition coefficient (Wildman–Crippen LogP) is 7.65. The van der Waals surface area contributed by atoms with Crippen molar-refractivity contribution in [2.45, 2.75) is 162 Å². The van der Waals surface area contributed by atoms with E-state index in [0.29, 0.717) is 171 Å². The summed E-state index contributed by atoms with van der Waals surface area (Å²) in [6.07, 6.45) is 18.1. The minimum absolute atomic E-state index is 0.103. The molecule has 422 valence electrons. The monoisotopic (exact) mass is 1020 g/mol. The van der Waals surface area contributed by atoms with Crippen LogP contribution in [0.2, 0.25) is 0 Å². The van der Waals surface area contributed by atoms with Crippen LogP contribution in [0.15, 0.2) is 0 Å². The fourth-order valence-corrected chi connectivity index (χ4v) is 7.37. The largest absolute Gasteiger partial charge is 0.481 e. The molecule has 0 aliphatic rings. The second kappa shape index (κ2) is 52.8. The van der Waals surface area contributed by atoms with Gasteiger partial charge in [-0.15, -0.1) is 0 Å². The number of hydrogen-bond donors (Lipinski definition) is 4. The highest BCUT2D eigenvalue weighted by Gasteiger charge is 2.44. The van der Waals surface area contributed by atoms with Gasteiger partial charge in [-0.05, 0) is 40.0 Å². The maximum absolute atomic E-state index is 13.5. The van der Waals surface area contributed by atoms with Gasteiger partial charge < -0.3 is 73.0 Å². The Morgan fingerprint density at radius 3 is 0.915 bits per heavy atom. The molecule has 0 aromatic carbocycles. The van der Waals surface area contributed by atoms with Crippen molar-refractivity contribution in [3.05, 3.63) is 0 Å². The smallest absolute Gasteiger partial charge is 0.319 e. The fourth-order valence-electron chi connectivity index (χ4n) is 7.37. The topological polar surface area (TPSA) is 217 Å². The third-order valence-corrected chi connectivity index (χ3v) is 11.4. The molecular formula is C53H104N2O16. The lowest BCUT2D eigenvalue weighted by molar-refractivity contribution is -0.157. The predicted molar refractivity (Wildman–Crippen MR) is 275 cm³/mol. The van der Waals surface area contributed by atoms with E-state index in [9.17, 15) is 19.5 Å². The van der Waals surface area contributed by atoms with Gasteiger partial charge in [0.2, 0.25) is 5.91 Å². The van der Waals surface area contributed by atoms with E-state index in [1.165, 1.54) is 32.1 Å². The second-order valence-corrected chi connectivity index (χ2v) is 18.9. The summed E-state index contributed by atoms with van der Waals surface area (Å²) in [5, 5.41) is 25.5. The number of carbonyl (C=O) groups is 3. The zero-order valence-electron chi connectivity index (χ0n) is 45.2. The minimum atomic E-state index is -1.44. The van der Waals surface area contributed by atoms with Crippen molar-refractivity contribution in [1.29, 1.82) is 0 Å². The van der Waals surface area contributed by atoms with Gasteiger partial charge >= 0.3 is 11.9 Å². The third kappa shape index (κ3) is 49.9. The Kier molecular flexibility index (Phi) is 51.2. The molecule has 0 aromatic heterocycles. The van der Waals surface area contributed by atoms with E-state index in [4.69, 9.17) is 57.2 Å². The van der Waals surface area contributed by atoms with E-state index >= 15 is 0 Å². The number of amides is 1. The average molecular weight is 1030 g/mol. The van der Waals surface area contributed by atoms with Gasteiger partial charge in [-0.3, -0.25) is 14.4 Å². The Balaban J connectivity index is 3.81. The number of nitrogens with one attached hydrogen (secondary N) is 2. The molecule has 4 N–H and O–H groups in total. The molecule has 18 nitrogen and oxygen atoms in total. The zero-order chi connectivity index (χ0) is 52.0. The molecule has 0 spiro atoms. The molecule has 0 radical (unpaired) electrons. The van der Waals surface area contributed by atoms with Crippen LogP contribution in [0.4, 0.5) is 0 Å². The van der Waals surface area contributed by atoms with Gasteiger partial charge in [-0.25, -0.2) is 0 Å². The second-order valence-electron chi connectivity index (χ2n) is 18.9. The number of hydrogen-bond acceptors (Lipinski definition) is 15. The molecule has 71 heavy (non-hydrogen) atoms. The van der Waals surface area contributed by atoms with E-state index in [2.05, 4.69) is 38.3 Å². The molecule has 1 amide bonds. The highest BCUT2D eigenvalue weighted by atomic mass is 16.6. The van der Waals surface area contributed by atoms with Crippen LogP contribution in [0.3, 0.4) is 0 Å². The Morgan fingerprint density at radius 2 is 0.634 bits per heavy atom. The average Bonchev–Trinajstić information content (AvgIpc) is 3.33. The summed E-state index contributed by atoms with van der Waals surface area (Å²) in [4.78, 5) is 37.0. The number of rotatable bonds is 59. The first-order valence-electron chi connectivity index (χ1n) is 27.4. The molecule has 18 heteroatoms. The standard InChI is InChI=1S/C53H104N2O16/c1-5-6-7-8-9-11-14-17-20-23-53(51(59)60,24-21-18-15-12-10-13-16-19-22-49(56)57)50(58)54-25-27-61-29-31-63-33-35-65-37-39-67-41-43-69-45-47-71-48-46-70-44-42-68-40-38-66-36-34-64-32-30-62-28-26-55-52(2,3)4/h55H,5-48H2,1-4H3,(H,54,58)(H,56,57)(H,59,60). The maximum atomic E-state index is 13.5. The first-order valence-corrected chi connectivity index (χ1v) is 27.4. The normalized spacial score (nSPS) is 12.7. The third-order valence-electron chi connectivity index (χ3n) is 11.4. The Bertz CT molecular complexity index is 1170. The molecule has 0 saturated heterocycles. The number of ether oxygens (including phenoxy) is 11. The van der Waals surface area contributed by atoms with Crippen molar-refractivity contribution in [2.75, 3.05) is 158 Å². The van der Waals surface area contributed by atoms with Crippen molar-refractivity contribution in [1.82, 2.24) is 10.6 Å². The van der Waals surface area contributed by atoms with Crippen molar-refractivity contribution < 1.29 is 76.7 Å². The number of carboxylic acids is 2. The molecule has 1 unspecified atom stereocenters. The molecule has 0 fully saturated rings. The van der Waals surface area contributed by atoms with Gasteiger partial charge in [0.25, 0.3) is 0 Å². The Hall–Kier alpha value is -2.07. The van der Waals surface area contributed by atoms with Crippen LogP contribution in [-0.2, 0) is 66.5 Å². The number of carboxylic acid groups (broad SMARTS) is 2. The van der Waals surface area contributed by atoms with Gasteiger partial charge in [-0.1, -0.05) is 110 Å². The van der Waals surface area contributed by atoms with E-state index < -0.39 is 23.3 Å². The van der Waals surface area contributed by atoms with Gasteiger partial charge in [0.15, 0.2) is 0 Å². The first-order chi connectivity index (χ1) is 34.5. The molecule has 0 aliphatic heterocycles. The molecule has 0 rings (SSSR count). The van der Waals surface area contributed by atoms with E-state index in [-0.39, 0.29) is 25.1 Å². The van der Waals surface area contributed by atoms with Crippen molar-refractivity contribution >= 4 is 17.8 Å². The lowest BCUT2D eigenvalue weighted by Crippen LogP contribution is -2.47. The van der Waals surface area contributed by atoms with Crippen LogP contribution in [0, 0.1) is 5.41 Å². The van der Waals surface area contributed by atoms with Crippen molar-refractivity contribution in [3.63, 3.8) is 0 Å². The molecule has 0 heterocycles. The molecule has 1 atom stereocenters. The van der Waals surface area contributed by atoms with E-state index in [1.807, 2.05) is 0 Å². The highest BCUT2D eigenvalue weighted by molar-refractivity contribution is 6.01. The number of unbranched alkanes of at least 4 members (excludes halogenated alkanes) is 15. The Labute approximate surface area is 429 Å². The van der Waals surface area contributed by atoms with Gasteiger partial charge in [0.1, 0.15) is 5.41 Å². The van der Waals surface area contributed by atoms with Gasteiger partial charge in [-0.2, -0.15) is 0 Å². The molecular weight excluding hydrogens is 921 g/mol. The number of carbonyl (C=O) groups excluding carboxylic acids is 1. The van der Waals surface area contributed by atoms with Crippen LogP contribution in [0.1, 0.15) is 156 Å². The first kappa shape index (κ1) is 68.9. The minimum Gasteiger partial charge on any atom is -0.481 e. The quantitative estimate of drug-likeness (QED) is 0.0340. The SMILES string of the molecule is CCCCCCCCCCCC(CCCCCCCCCCC(=O)O)(C(=O)O)C(=O)NCCOCCOCCOCCOCCOCCOCCOCCOCCOCCOCCOCCNC(C)(C)C. The fraction of sp³-hybridized carbons (Fsp3) is 0.943. The van der Waals surface area contributed by atoms with E-state index in [0.717, 1.165) is 64.3 Å². The molecule has 0 aliphatic carbocycles. The molecule has 0 aromatic rings.